The number of ether oxygens (including phenoxy) is 1. The molecule has 0 radical (unpaired) electrons. The molecule has 1 aromatic heterocycles. The number of aliphatic hydroxyl groups is 1. The van der Waals surface area contributed by atoms with Crippen molar-refractivity contribution in [2.45, 2.75) is 18.9 Å². The molecule has 0 bridgehead atoms. The Morgan fingerprint density at radius 3 is 2.35 bits per heavy atom. The van der Waals surface area contributed by atoms with Crippen molar-refractivity contribution in [3.63, 3.8) is 0 Å². The standard InChI is InChI=1S/C17H14Cl2N2O2/c18-16-14(17(19)21-10-20-16)15(22)11-6-8-13(9-7-11)23-12-4-2-1-3-5-12/h2,4-10,15,22H,1,3H2. The van der Waals surface area contributed by atoms with E-state index < -0.39 is 6.10 Å². The molecule has 0 amide bonds. The van der Waals surface area contributed by atoms with Gasteiger partial charge in [0.2, 0.25) is 0 Å². The van der Waals surface area contributed by atoms with E-state index in [1.165, 1.54) is 6.33 Å². The molecule has 23 heavy (non-hydrogen) atoms. The largest absolute Gasteiger partial charge is 0.458 e. The number of aliphatic hydroxyl groups excluding tert-OH is 1. The monoisotopic (exact) mass is 348 g/mol. The minimum absolute atomic E-state index is 0.135. The molecule has 1 aliphatic carbocycles. The molecule has 1 unspecified atom stereocenters. The second-order valence-electron chi connectivity index (χ2n) is 5.03. The first-order chi connectivity index (χ1) is 11.1. The molecule has 0 saturated carbocycles. The van der Waals surface area contributed by atoms with Crippen LogP contribution in [-0.4, -0.2) is 15.1 Å². The van der Waals surface area contributed by atoms with Crippen LogP contribution >= 0.6 is 23.2 Å². The Balaban J connectivity index is 1.79. The van der Waals surface area contributed by atoms with Crippen LogP contribution in [0, 0.1) is 0 Å². The molecule has 1 atom stereocenters. The van der Waals surface area contributed by atoms with Crippen molar-refractivity contribution < 1.29 is 9.84 Å². The maximum absolute atomic E-state index is 10.5. The lowest BCUT2D eigenvalue weighted by Gasteiger charge is -2.14. The molecule has 118 valence electrons. The van der Waals surface area contributed by atoms with E-state index in [-0.39, 0.29) is 10.3 Å². The summed E-state index contributed by atoms with van der Waals surface area (Å²) in [5.74, 6) is 1.52. The third-order valence-electron chi connectivity index (χ3n) is 3.45. The maximum Gasteiger partial charge on any atom is 0.140 e. The first-order valence-corrected chi connectivity index (χ1v) is 7.89. The molecule has 0 saturated heterocycles. The Morgan fingerprint density at radius 1 is 1.04 bits per heavy atom. The van der Waals surface area contributed by atoms with Gasteiger partial charge in [0.15, 0.2) is 0 Å². The summed E-state index contributed by atoms with van der Waals surface area (Å²) in [6.45, 7) is 0. The van der Waals surface area contributed by atoms with E-state index in [1.54, 1.807) is 24.3 Å². The van der Waals surface area contributed by atoms with Gasteiger partial charge < -0.3 is 9.84 Å². The fourth-order valence-electron chi connectivity index (χ4n) is 2.27. The summed E-state index contributed by atoms with van der Waals surface area (Å²) < 4.78 is 5.76. The summed E-state index contributed by atoms with van der Waals surface area (Å²) in [6, 6.07) is 7.08. The SMILES string of the molecule is OC(c1ccc(OC2=CCCC=C2)cc1)c1c(Cl)ncnc1Cl. The van der Waals surface area contributed by atoms with Gasteiger partial charge in [0.05, 0.1) is 5.56 Å². The van der Waals surface area contributed by atoms with E-state index >= 15 is 0 Å². The highest BCUT2D eigenvalue weighted by Gasteiger charge is 2.19. The average molecular weight is 349 g/mol. The Hall–Kier alpha value is -1.88. The summed E-state index contributed by atoms with van der Waals surface area (Å²) >= 11 is 12.0. The van der Waals surface area contributed by atoms with Crippen LogP contribution in [0.3, 0.4) is 0 Å². The van der Waals surface area contributed by atoms with Crippen LogP contribution in [0.1, 0.15) is 30.1 Å². The molecule has 1 aliphatic rings. The second kappa shape index (κ2) is 7.13. The summed E-state index contributed by atoms with van der Waals surface area (Å²) in [7, 11) is 0. The van der Waals surface area contributed by atoms with Crippen molar-refractivity contribution >= 4 is 23.2 Å². The molecule has 1 N–H and O–H groups in total. The van der Waals surface area contributed by atoms with Crippen molar-refractivity contribution in [1.82, 2.24) is 9.97 Å². The van der Waals surface area contributed by atoms with Crippen LogP contribution in [0.5, 0.6) is 5.75 Å². The Bertz CT molecular complexity index is 737. The number of aromatic nitrogens is 2. The van der Waals surface area contributed by atoms with Gasteiger partial charge in [0.25, 0.3) is 0 Å². The van der Waals surface area contributed by atoms with Crippen LogP contribution < -0.4 is 4.74 Å². The number of hydrogen-bond donors (Lipinski definition) is 1. The third kappa shape index (κ3) is 3.72. The number of halogens is 2. The van der Waals surface area contributed by atoms with E-state index in [9.17, 15) is 5.11 Å². The fraction of sp³-hybridized carbons (Fsp3) is 0.176. The fourth-order valence-corrected chi connectivity index (χ4v) is 2.79. The van der Waals surface area contributed by atoms with Gasteiger partial charge in [-0.15, -0.1) is 0 Å². The van der Waals surface area contributed by atoms with Gasteiger partial charge in [-0.1, -0.05) is 41.4 Å². The topological polar surface area (TPSA) is 55.2 Å². The van der Waals surface area contributed by atoms with Crippen LogP contribution in [0.15, 0.2) is 54.6 Å². The predicted octanol–water partition coefficient (Wildman–Crippen LogP) is 4.48. The van der Waals surface area contributed by atoms with Crippen molar-refractivity contribution in [3.05, 3.63) is 76.0 Å². The van der Waals surface area contributed by atoms with Gasteiger partial charge in [-0.05, 0) is 42.7 Å². The first-order valence-electron chi connectivity index (χ1n) is 7.13. The van der Waals surface area contributed by atoms with Crippen molar-refractivity contribution in [2.24, 2.45) is 0 Å². The molecule has 0 aliphatic heterocycles. The number of allylic oxidation sites excluding steroid dienone is 3. The van der Waals surface area contributed by atoms with E-state index in [0.29, 0.717) is 16.9 Å². The van der Waals surface area contributed by atoms with Crippen molar-refractivity contribution in [2.75, 3.05) is 0 Å². The first kappa shape index (κ1) is 16.0. The lowest BCUT2D eigenvalue weighted by Crippen LogP contribution is -2.04. The zero-order valence-corrected chi connectivity index (χ0v) is 13.6. The smallest absolute Gasteiger partial charge is 0.140 e. The molecule has 4 nitrogen and oxygen atoms in total. The minimum Gasteiger partial charge on any atom is -0.458 e. The van der Waals surface area contributed by atoms with Crippen LogP contribution in [0.2, 0.25) is 10.3 Å². The van der Waals surface area contributed by atoms with Gasteiger partial charge >= 0.3 is 0 Å². The van der Waals surface area contributed by atoms with Gasteiger partial charge in [-0.3, -0.25) is 0 Å². The normalized spacial score (nSPS) is 15.2. The third-order valence-corrected chi connectivity index (χ3v) is 4.05. The molecule has 1 heterocycles. The second-order valence-corrected chi connectivity index (χ2v) is 5.74. The van der Waals surface area contributed by atoms with Gasteiger partial charge in [-0.25, -0.2) is 9.97 Å². The van der Waals surface area contributed by atoms with Crippen molar-refractivity contribution in [3.8, 4) is 5.75 Å². The Kier molecular flexibility index (Phi) is 4.96. The molecule has 6 heteroatoms. The lowest BCUT2D eigenvalue weighted by molar-refractivity contribution is 0.219. The molecule has 1 aromatic carbocycles. The molecular formula is C17H14Cl2N2O2. The summed E-state index contributed by atoms with van der Waals surface area (Å²) in [4.78, 5) is 7.70. The average Bonchev–Trinajstić information content (AvgIpc) is 2.56. The quantitative estimate of drug-likeness (QED) is 0.827. The number of nitrogens with zero attached hydrogens (tertiary/aromatic N) is 2. The summed E-state index contributed by atoms with van der Waals surface area (Å²) in [5, 5.41) is 10.7. The minimum atomic E-state index is -1.00. The lowest BCUT2D eigenvalue weighted by atomic mass is 10.0. The van der Waals surface area contributed by atoms with E-state index in [2.05, 4.69) is 16.0 Å². The zero-order valence-electron chi connectivity index (χ0n) is 12.1. The van der Waals surface area contributed by atoms with E-state index in [1.807, 2.05) is 12.2 Å². The molecule has 0 fully saturated rings. The van der Waals surface area contributed by atoms with Crippen molar-refractivity contribution in [1.29, 1.82) is 0 Å². The summed E-state index contributed by atoms with van der Waals surface area (Å²) in [6.07, 6.45) is 8.35. The maximum atomic E-state index is 10.5. The van der Waals surface area contributed by atoms with E-state index in [0.717, 1.165) is 18.6 Å². The van der Waals surface area contributed by atoms with E-state index in [4.69, 9.17) is 27.9 Å². The highest BCUT2D eigenvalue weighted by Crippen LogP contribution is 2.32. The molecule has 2 aromatic rings. The Labute approximate surface area is 144 Å². The molecular weight excluding hydrogens is 335 g/mol. The number of hydrogen-bond acceptors (Lipinski definition) is 4. The highest BCUT2D eigenvalue weighted by molar-refractivity contribution is 6.34. The summed E-state index contributed by atoms with van der Waals surface area (Å²) in [5.41, 5.74) is 0.923. The van der Waals surface area contributed by atoms with Gasteiger partial charge in [0, 0.05) is 0 Å². The highest BCUT2D eigenvalue weighted by atomic mass is 35.5. The van der Waals surface area contributed by atoms with Gasteiger partial charge in [0.1, 0.15) is 34.2 Å². The number of rotatable bonds is 4. The molecule has 0 spiro atoms. The number of benzene rings is 1. The van der Waals surface area contributed by atoms with Crippen LogP contribution in [0.25, 0.3) is 0 Å². The van der Waals surface area contributed by atoms with Crippen LogP contribution in [0.4, 0.5) is 0 Å². The molecule has 3 rings (SSSR count). The van der Waals surface area contributed by atoms with Gasteiger partial charge in [-0.2, -0.15) is 0 Å². The zero-order chi connectivity index (χ0) is 16.2. The predicted molar refractivity (Wildman–Crippen MR) is 89.6 cm³/mol. The van der Waals surface area contributed by atoms with Crippen LogP contribution in [-0.2, 0) is 0 Å². The Morgan fingerprint density at radius 2 is 1.74 bits per heavy atom.